The Morgan fingerprint density at radius 3 is 2.95 bits per heavy atom. The molecule has 1 aromatic heterocycles. The van der Waals surface area contributed by atoms with Gasteiger partial charge in [0.2, 0.25) is 0 Å². The molecule has 0 bridgehead atoms. The lowest BCUT2D eigenvalue weighted by Gasteiger charge is -2.38. The van der Waals surface area contributed by atoms with Crippen LogP contribution in [0.2, 0.25) is 0 Å². The Bertz CT molecular complexity index is 616. The summed E-state index contributed by atoms with van der Waals surface area (Å²) >= 11 is 6.11. The van der Waals surface area contributed by atoms with Crippen LogP contribution in [0, 0.1) is 0 Å². The Hall–Kier alpha value is -1.32. The Morgan fingerprint density at radius 2 is 2.15 bits per heavy atom. The van der Waals surface area contributed by atoms with Crippen LogP contribution >= 0.6 is 11.6 Å². The third-order valence-corrected chi connectivity index (χ3v) is 4.12. The van der Waals surface area contributed by atoms with Crippen molar-refractivity contribution in [2.24, 2.45) is 0 Å². The minimum Gasteiger partial charge on any atom is -0.375 e. The first-order valence-corrected chi connectivity index (χ1v) is 7.55. The number of ether oxygens (including phenoxy) is 1. The maximum absolute atomic E-state index is 6.11. The lowest BCUT2D eigenvalue weighted by Crippen LogP contribution is -2.47. The number of alkyl halides is 1. The Labute approximate surface area is 124 Å². The molecule has 1 saturated heterocycles. The largest absolute Gasteiger partial charge is 0.375 e. The van der Waals surface area contributed by atoms with Gasteiger partial charge >= 0.3 is 0 Å². The van der Waals surface area contributed by atoms with Gasteiger partial charge in [0.15, 0.2) is 0 Å². The molecule has 2 unspecified atom stereocenters. The van der Waals surface area contributed by atoms with Crippen LogP contribution in [0.15, 0.2) is 30.3 Å². The van der Waals surface area contributed by atoms with Crippen LogP contribution in [0.25, 0.3) is 10.9 Å². The number of para-hydroxylation sites is 1. The second kappa shape index (κ2) is 5.58. The molecule has 1 aliphatic heterocycles. The van der Waals surface area contributed by atoms with E-state index in [-0.39, 0.29) is 6.10 Å². The Morgan fingerprint density at radius 1 is 1.35 bits per heavy atom. The van der Waals surface area contributed by atoms with Crippen molar-refractivity contribution in [3.05, 3.63) is 35.9 Å². The fraction of sp³-hybridized carbons (Fsp3) is 0.438. The zero-order valence-corrected chi connectivity index (χ0v) is 12.6. The SMILES string of the molecule is CC1CN(c2cc(CCl)c3ccccc3n2)C(C)CO1. The highest BCUT2D eigenvalue weighted by Crippen LogP contribution is 2.27. The number of pyridine rings is 1. The molecular weight excluding hydrogens is 272 g/mol. The van der Waals surface area contributed by atoms with Gasteiger partial charge in [0.05, 0.1) is 24.3 Å². The number of morpholine rings is 1. The van der Waals surface area contributed by atoms with Crippen molar-refractivity contribution < 1.29 is 4.74 Å². The number of halogens is 1. The molecule has 2 aromatic rings. The number of rotatable bonds is 2. The number of anilines is 1. The maximum atomic E-state index is 6.11. The standard InChI is InChI=1S/C16H19ClN2O/c1-11-10-20-12(2)9-19(11)16-7-13(8-17)14-5-3-4-6-15(14)18-16/h3-7,11-12H,8-10H2,1-2H3. The van der Waals surface area contributed by atoms with Crippen molar-refractivity contribution in [1.82, 2.24) is 4.98 Å². The molecule has 4 heteroatoms. The van der Waals surface area contributed by atoms with E-state index in [1.807, 2.05) is 18.2 Å². The van der Waals surface area contributed by atoms with Gasteiger partial charge in [-0.05, 0) is 31.5 Å². The number of hydrogen-bond donors (Lipinski definition) is 0. The van der Waals surface area contributed by atoms with Crippen LogP contribution < -0.4 is 4.90 Å². The highest BCUT2D eigenvalue weighted by atomic mass is 35.5. The Balaban J connectivity index is 2.07. The summed E-state index contributed by atoms with van der Waals surface area (Å²) in [6.07, 6.45) is 0.235. The fourth-order valence-electron chi connectivity index (χ4n) is 2.71. The number of aromatic nitrogens is 1. The van der Waals surface area contributed by atoms with E-state index >= 15 is 0 Å². The second-order valence-electron chi connectivity index (χ2n) is 5.44. The first kappa shape index (κ1) is 13.7. The van der Waals surface area contributed by atoms with Crippen molar-refractivity contribution in [3.8, 4) is 0 Å². The quantitative estimate of drug-likeness (QED) is 0.791. The molecule has 0 amide bonds. The molecular formula is C16H19ClN2O. The van der Waals surface area contributed by atoms with Crippen molar-refractivity contribution in [3.63, 3.8) is 0 Å². The molecule has 0 saturated carbocycles. The predicted molar refractivity (Wildman–Crippen MR) is 83.5 cm³/mol. The van der Waals surface area contributed by atoms with E-state index in [0.29, 0.717) is 11.9 Å². The summed E-state index contributed by atoms with van der Waals surface area (Å²) in [6, 6.07) is 10.6. The maximum Gasteiger partial charge on any atom is 0.129 e. The van der Waals surface area contributed by atoms with Crippen molar-refractivity contribution in [1.29, 1.82) is 0 Å². The zero-order chi connectivity index (χ0) is 14.1. The van der Waals surface area contributed by atoms with Crippen LogP contribution in [0.3, 0.4) is 0 Å². The molecule has 0 radical (unpaired) electrons. The lowest BCUT2D eigenvalue weighted by atomic mass is 10.1. The topological polar surface area (TPSA) is 25.4 Å². The highest BCUT2D eigenvalue weighted by molar-refractivity contribution is 6.18. The van der Waals surface area contributed by atoms with Crippen molar-refractivity contribution in [2.45, 2.75) is 31.9 Å². The van der Waals surface area contributed by atoms with E-state index in [2.05, 4.69) is 30.9 Å². The van der Waals surface area contributed by atoms with E-state index in [4.69, 9.17) is 21.3 Å². The number of fused-ring (bicyclic) bond motifs is 1. The Kier molecular flexibility index (Phi) is 3.81. The van der Waals surface area contributed by atoms with Crippen LogP contribution in [-0.2, 0) is 10.6 Å². The van der Waals surface area contributed by atoms with Crippen molar-refractivity contribution in [2.75, 3.05) is 18.1 Å². The van der Waals surface area contributed by atoms with Gasteiger partial charge in [0, 0.05) is 17.8 Å². The molecule has 2 heterocycles. The van der Waals surface area contributed by atoms with E-state index in [1.165, 1.54) is 0 Å². The van der Waals surface area contributed by atoms with E-state index in [9.17, 15) is 0 Å². The molecule has 3 nitrogen and oxygen atoms in total. The van der Waals surface area contributed by atoms with E-state index in [1.54, 1.807) is 0 Å². The van der Waals surface area contributed by atoms with Crippen LogP contribution in [0.4, 0.5) is 5.82 Å². The van der Waals surface area contributed by atoms with Crippen LogP contribution in [0.1, 0.15) is 19.4 Å². The summed E-state index contributed by atoms with van der Waals surface area (Å²) in [4.78, 5) is 7.12. The van der Waals surface area contributed by atoms with Crippen LogP contribution in [0.5, 0.6) is 0 Å². The zero-order valence-electron chi connectivity index (χ0n) is 11.8. The smallest absolute Gasteiger partial charge is 0.129 e. The van der Waals surface area contributed by atoms with Gasteiger partial charge in [-0.25, -0.2) is 4.98 Å². The summed E-state index contributed by atoms with van der Waals surface area (Å²) < 4.78 is 5.69. The third-order valence-electron chi connectivity index (χ3n) is 3.83. The summed E-state index contributed by atoms with van der Waals surface area (Å²) in [6.45, 7) is 5.88. The molecule has 1 fully saturated rings. The van der Waals surface area contributed by atoms with Gasteiger partial charge in [-0.2, -0.15) is 0 Å². The fourth-order valence-corrected chi connectivity index (χ4v) is 2.93. The summed E-state index contributed by atoms with van der Waals surface area (Å²) in [5, 5.41) is 1.14. The highest BCUT2D eigenvalue weighted by Gasteiger charge is 2.25. The average molecular weight is 291 g/mol. The van der Waals surface area contributed by atoms with Gasteiger partial charge < -0.3 is 9.64 Å². The average Bonchev–Trinajstić information content (AvgIpc) is 2.48. The minimum atomic E-state index is 0.235. The molecule has 0 spiro atoms. The molecule has 3 rings (SSSR count). The first-order valence-electron chi connectivity index (χ1n) is 7.02. The molecule has 20 heavy (non-hydrogen) atoms. The third kappa shape index (κ3) is 2.48. The lowest BCUT2D eigenvalue weighted by molar-refractivity contribution is 0.0340. The van der Waals surface area contributed by atoms with Crippen molar-refractivity contribution >= 4 is 28.3 Å². The normalized spacial score (nSPS) is 23.2. The molecule has 0 aliphatic carbocycles. The van der Waals surface area contributed by atoms with Gasteiger partial charge in [-0.3, -0.25) is 0 Å². The summed E-state index contributed by atoms with van der Waals surface area (Å²) in [5.41, 5.74) is 2.14. The number of nitrogens with zero attached hydrogens (tertiary/aromatic N) is 2. The molecule has 0 N–H and O–H groups in total. The number of hydrogen-bond acceptors (Lipinski definition) is 3. The first-order chi connectivity index (χ1) is 9.69. The molecule has 2 atom stereocenters. The van der Waals surface area contributed by atoms with Crippen LogP contribution in [-0.4, -0.2) is 30.3 Å². The summed E-state index contributed by atoms with van der Waals surface area (Å²) in [5.74, 6) is 1.51. The number of benzene rings is 1. The van der Waals surface area contributed by atoms with Gasteiger partial charge in [0.1, 0.15) is 5.82 Å². The monoisotopic (exact) mass is 290 g/mol. The van der Waals surface area contributed by atoms with E-state index < -0.39 is 0 Å². The molecule has 1 aromatic carbocycles. The van der Waals surface area contributed by atoms with Gasteiger partial charge in [-0.15, -0.1) is 11.6 Å². The molecule has 1 aliphatic rings. The van der Waals surface area contributed by atoms with Gasteiger partial charge in [0.25, 0.3) is 0 Å². The minimum absolute atomic E-state index is 0.235. The van der Waals surface area contributed by atoms with Gasteiger partial charge in [-0.1, -0.05) is 18.2 Å². The van der Waals surface area contributed by atoms with E-state index in [0.717, 1.165) is 35.4 Å². The molecule has 106 valence electrons. The predicted octanol–water partition coefficient (Wildman–Crippen LogP) is 3.59. The second-order valence-corrected chi connectivity index (χ2v) is 5.70. The summed E-state index contributed by atoms with van der Waals surface area (Å²) in [7, 11) is 0.